The zero-order valence-electron chi connectivity index (χ0n) is 13.9. The van der Waals surface area contributed by atoms with Gasteiger partial charge >= 0.3 is 0 Å². The normalized spacial score (nSPS) is 30.3. The van der Waals surface area contributed by atoms with Gasteiger partial charge in [0.1, 0.15) is 11.4 Å². The number of amides is 1. The van der Waals surface area contributed by atoms with Gasteiger partial charge < -0.3 is 4.90 Å². The maximum absolute atomic E-state index is 13.2. The highest BCUT2D eigenvalue weighted by atomic mass is 16.2. The van der Waals surface area contributed by atoms with Crippen molar-refractivity contribution in [3.8, 4) is 0 Å². The molecule has 122 valence electrons. The van der Waals surface area contributed by atoms with Crippen LogP contribution in [0.25, 0.3) is 0 Å². The van der Waals surface area contributed by atoms with E-state index in [1.54, 1.807) is 0 Å². The third-order valence-electron chi connectivity index (χ3n) is 6.82. The van der Waals surface area contributed by atoms with E-state index in [0.29, 0.717) is 11.8 Å². The molecule has 0 aromatic rings. The van der Waals surface area contributed by atoms with Crippen molar-refractivity contribution in [2.24, 2.45) is 16.8 Å². The molecule has 4 aliphatic rings. The molecule has 1 saturated heterocycles. The van der Waals surface area contributed by atoms with E-state index in [1.165, 1.54) is 77.0 Å². The Morgan fingerprint density at radius 2 is 1.41 bits per heavy atom. The Morgan fingerprint density at radius 3 is 2.00 bits per heavy atom. The number of nitrogens with zero attached hydrogens (tertiary/aromatic N) is 2. The Kier molecular flexibility index (Phi) is 4.00. The molecule has 0 aromatic heterocycles. The predicted molar refractivity (Wildman–Crippen MR) is 88.9 cm³/mol. The summed E-state index contributed by atoms with van der Waals surface area (Å²) in [4.78, 5) is 20.4. The van der Waals surface area contributed by atoms with Gasteiger partial charge in [-0.3, -0.25) is 4.79 Å². The quantitative estimate of drug-likeness (QED) is 0.761. The van der Waals surface area contributed by atoms with Gasteiger partial charge in [-0.2, -0.15) is 4.99 Å². The molecular formula is C19H30N2O. The van der Waals surface area contributed by atoms with Crippen LogP contribution in [0.2, 0.25) is 0 Å². The van der Waals surface area contributed by atoms with E-state index < -0.39 is 0 Å². The van der Waals surface area contributed by atoms with E-state index in [0.717, 1.165) is 18.8 Å². The highest BCUT2D eigenvalue weighted by molar-refractivity contribution is 6.07. The highest BCUT2D eigenvalue weighted by Crippen LogP contribution is 2.50. The van der Waals surface area contributed by atoms with Gasteiger partial charge in [0, 0.05) is 13.0 Å². The fourth-order valence-corrected chi connectivity index (χ4v) is 5.86. The molecule has 0 N–H and O–H groups in total. The van der Waals surface area contributed by atoms with Crippen LogP contribution in [0.3, 0.4) is 0 Å². The summed E-state index contributed by atoms with van der Waals surface area (Å²) >= 11 is 0. The van der Waals surface area contributed by atoms with E-state index in [9.17, 15) is 4.79 Å². The Balaban J connectivity index is 1.72. The molecule has 3 heteroatoms. The second-order valence-electron chi connectivity index (χ2n) is 7.94. The number of piperidine rings is 1. The zero-order valence-corrected chi connectivity index (χ0v) is 13.9. The molecule has 2 saturated carbocycles. The molecule has 0 aromatic carbocycles. The summed E-state index contributed by atoms with van der Waals surface area (Å²) in [6, 6.07) is 0. The van der Waals surface area contributed by atoms with Crippen LogP contribution in [0.4, 0.5) is 0 Å². The van der Waals surface area contributed by atoms with E-state index >= 15 is 0 Å². The fraction of sp³-hybridized carbons (Fsp3) is 0.895. The molecule has 2 aliphatic carbocycles. The summed E-state index contributed by atoms with van der Waals surface area (Å²) in [6.45, 7) is 1.08. The third-order valence-corrected chi connectivity index (χ3v) is 6.82. The van der Waals surface area contributed by atoms with Crippen molar-refractivity contribution < 1.29 is 4.79 Å². The average molecular weight is 302 g/mol. The lowest BCUT2D eigenvalue weighted by molar-refractivity contribution is -0.135. The third kappa shape index (κ3) is 2.15. The molecule has 0 spiro atoms. The van der Waals surface area contributed by atoms with Gasteiger partial charge in [-0.25, -0.2) is 0 Å². The maximum atomic E-state index is 13.2. The average Bonchev–Trinajstić information content (AvgIpc) is 2.89. The first kappa shape index (κ1) is 14.7. The number of hydrogen-bond acceptors (Lipinski definition) is 2. The maximum Gasteiger partial charge on any atom is 0.273 e. The van der Waals surface area contributed by atoms with E-state index in [1.807, 2.05) is 0 Å². The first-order valence-corrected chi connectivity index (χ1v) is 9.73. The predicted octanol–water partition coefficient (Wildman–Crippen LogP) is 4.31. The minimum atomic E-state index is -0.226. The number of hydrogen-bond donors (Lipinski definition) is 0. The van der Waals surface area contributed by atoms with Gasteiger partial charge in [0.2, 0.25) is 0 Å². The SMILES string of the molecule is O=C1N=C2CCCCN2C1(C1CCCCC1)C1CCCCC1. The van der Waals surface area contributed by atoms with Crippen molar-refractivity contribution in [3.63, 3.8) is 0 Å². The van der Waals surface area contributed by atoms with E-state index in [4.69, 9.17) is 0 Å². The Hall–Kier alpha value is -0.860. The number of aliphatic imine (C=N–C) groups is 1. The molecule has 1 amide bonds. The first-order chi connectivity index (χ1) is 10.8. The van der Waals surface area contributed by atoms with Crippen molar-refractivity contribution in [1.29, 1.82) is 0 Å². The summed E-state index contributed by atoms with van der Waals surface area (Å²) in [7, 11) is 0. The summed E-state index contributed by atoms with van der Waals surface area (Å²) in [5.74, 6) is 2.53. The molecule has 3 nitrogen and oxygen atoms in total. The Morgan fingerprint density at radius 1 is 0.818 bits per heavy atom. The summed E-state index contributed by atoms with van der Waals surface area (Å²) < 4.78 is 0. The van der Waals surface area contributed by atoms with Gasteiger partial charge in [-0.05, 0) is 50.4 Å². The topological polar surface area (TPSA) is 32.7 Å². The number of rotatable bonds is 2. The summed E-state index contributed by atoms with van der Waals surface area (Å²) in [6.07, 6.45) is 16.5. The monoisotopic (exact) mass is 302 g/mol. The van der Waals surface area contributed by atoms with Gasteiger partial charge in [-0.1, -0.05) is 38.5 Å². The van der Waals surface area contributed by atoms with Crippen molar-refractivity contribution >= 4 is 11.7 Å². The minimum Gasteiger partial charge on any atom is -0.345 e. The number of amidine groups is 1. The largest absolute Gasteiger partial charge is 0.345 e. The van der Waals surface area contributed by atoms with Crippen LogP contribution in [0.1, 0.15) is 83.5 Å². The van der Waals surface area contributed by atoms with Crippen molar-refractivity contribution in [3.05, 3.63) is 0 Å². The number of fused-ring (bicyclic) bond motifs is 1. The van der Waals surface area contributed by atoms with Crippen LogP contribution < -0.4 is 0 Å². The van der Waals surface area contributed by atoms with Crippen LogP contribution >= 0.6 is 0 Å². The molecule has 0 bridgehead atoms. The van der Waals surface area contributed by atoms with E-state index in [2.05, 4.69) is 9.89 Å². The standard InChI is InChI=1S/C19H30N2O/c22-18-19(15-9-3-1-4-10-15,16-11-5-2-6-12-16)21-14-8-7-13-17(21)20-18/h15-16H,1-14H2. The summed E-state index contributed by atoms with van der Waals surface area (Å²) in [5, 5.41) is 0. The smallest absolute Gasteiger partial charge is 0.273 e. The van der Waals surface area contributed by atoms with Crippen LogP contribution in [0, 0.1) is 11.8 Å². The fourth-order valence-electron chi connectivity index (χ4n) is 5.86. The van der Waals surface area contributed by atoms with Crippen molar-refractivity contribution in [2.45, 2.75) is 89.0 Å². The molecule has 2 aliphatic heterocycles. The number of carbonyl (C=O) groups excluding carboxylic acids is 1. The summed E-state index contributed by atoms with van der Waals surface area (Å²) in [5.41, 5.74) is -0.226. The second-order valence-corrected chi connectivity index (χ2v) is 7.94. The second kappa shape index (κ2) is 5.98. The van der Waals surface area contributed by atoms with Crippen LogP contribution in [0.5, 0.6) is 0 Å². The Labute approximate surface area is 134 Å². The van der Waals surface area contributed by atoms with Crippen LogP contribution in [0.15, 0.2) is 4.99 Å². The molecule has 0 unspecified atom stereocenters. The first-order valence-electron chi connectivity index (χ1n) is 9.73. The van der Waals surface area contributed by atoms with Crippen molar-refractivity contribution in [1.82, 2.24) is 4.90 Å². The van der Waals surface area contributed by atoms with Gasteiger partial charge in [-0.15, -0.1) is 0 Å². The van der Waals surface area contributed by atoms with Gasteiger partial charge in [0.05, 0.1) is 0 Å². The number of carbonyl (C=O) groups is 1. The molecule has 2 heterocycles. The van der Waals surface area contributed by atoms with E-state index in [-0.39, 0.29) is 11.4 Å². The molecule has 0 atom stereocenters. The Bertz CT molecular complexity index is 440. The lowest BCUT2D eigenvalue weighted by Gasteiger charge is -2.52. The lowest BCUT2D eigenvalue weighted by Crippen LogP contribution is -2.62. The molecule has 3 fully saturated rings. The van der Waals surface area contributed by atoms with Crippen molar-refractivity contribution in [2.75, 3.05) is 6.54 Å². The van der Waals surface area contributed by atoms with Gasteiger partial charge in [0.15, 0.2) is 0 Å². The minimum absolute atomic E-state index is 0.226. The molecular weight excluding hydrogens is 272 g/mol. The van der Waals surface area contributed by atoms with Gasteiger partial charge in [0.25, 0.3) is 5.91 Å². The lowest BCUT2D eigenvalue weighted by atomic mass is 9.63. The molecule has 22 heavy (non-hydrogen) atoms. The molecule has 0 radical (unpaired) electrons. The molecule has 4 rings (SSSR count). The van der Waals surface area contributed by atoms with Crippen LogP contribution in [-0.4, -0.2) is 28.7 Å². The highest BCUT2D eigenvalue weighted by Gasteiger charge is 2.59. The van der Waals surface area contributed by atoms with Crippen LogP contribution in [-0.2, 0) is 4.79 Å². The zero-order chi connectivity index (χ0) is 15.0.